The van der Waals surface area contributed by atoms with Gasteiger partial charge in [-0.05, 0) is 48.9 Å². The van der Waals surface area contributed by atoms with Crippen molar-refractivity contribution in [2.75, 3.05) is 5.32 Å². The first-order valence-electron chi connectivity index (χ1n) is 9.55. The van der Waals surface area contributed by atoms with E-state index in [1.54, 1.807) is 24.5 Å². The van der Waals surface area contributed by atoms with Crippen LogP contribution < -0.4 is 10.6 Å². The van der Waals surface area contributed by atoms with E-state index in [0.717, 1.165) is 16.5 Å². The number of hydrogen-bond donors (Lipinski definition) is 2. The summed E-state index contributed by atoms with van der Waals surface area (Å²) in [4.78, 5) is 33.2. The molecule has 0 spiro atoms. The van der Waals surface area contributed by atoms with Crippen molar-refractivity contribution in [3.8, 4) is 0 Å². The summed E-state index contributed by atoms with van der Waals surface area (Å²) in [5, 5.41) is 6.70. The van der Waals surface area contributed by atoms with Crippen molar-refractivity contribution in [2.45, 2.75) is 13.5 Å². The largest absolute Gasteiger partial charge is 0.348 e. The summed E-state index contributed by atoms with van der Waals surface area (Å²) in [5.74, 6) is -0.362. The smallest absolute Gasteiger partial charge is 0.255 e. The molecule has 2 heterocycles. The quantitative estimate of drug-likeness (QED) is 0.531. The lowest BCUT2D eigenvalue weighted by Gasteiger charge is -2.10. The van der Waals surface area contributed by atoms with Crippen LogP contribution in [-0.4, -0.2) is 21.8 Å². The standard InChI is InChI=1S/C24H20N4O2/c1-16-21(14-19-4-2-3-5-22(19)27-16)24(30)26-15-17-6-8-20(9-7-17)28-23(29)18-10-12-25-13-11-18/h2-14H,15H2,1H3,(H,26,30)(H,28,29). The van der Waals surface area contributed by atoms with E-state index in [0.29, 0.717) is 29.1 Å². The number of carbonyl (C=O) groups is 2. The highest BCUT2D eigenvalue weighted by Crippen LogP contribution is 2.17. The summed E-state index contributed by atoms with van der Waals surface area (Å²) < 4.78 is 0. The first-order valence-corrected chi connectivity index (χ1v) is 9.55. The summed E-state index contributed by atoms with van der Waals surface area (Å²) >= 11 is 0. The zero-order valence-electron chi connectivity index (χ0n) is 16.4. The minimum Gasteiger partial charge on any atom is -0.348 e. The Morgan fingerprint density at radius 1 is 0.900 bits per heavy atom. The Balaban J connectivity index is 1.39. The minimum absolute atomic E-state index is 0.166. The highest BCUT2D eigenvalue weighted by Gasteiger charge is 2.11. The number of nitrogens with one attached hydrogen (secondary N) is 2. The Hall–Kier alpha value is -4.06. The number of hydrogen-bond acceptors (Lipinski definition) is 4. The van der Waals surface area contributed by atoms with Crippen LogP contribution in [0.15, 0.2) is 79.1 Å². The van der Waals surface area contributed by atoms with E-state index >= 15 is 0 Å². The van der Waals surface area contributed by atoms with Gasteiger partial charge in [-0.3, -0.25) is 19.6 Å². The average Bonchev–Trinajstić information content (AvgIpc) is 2.78. The number of rotatable bonds is 5. The molecule has 0 aliphatic heterocycles. The second-order valence-electron chi connectivity index (χ2n) is 6.88. The summed E-state index contributed by atoms with van der Waals surface area (Å²) in [6, 6.07) is 20.3. The van der Waals surface area contributed by atoms with Gasteiger partial charge in [0.25, 0.3) is 11.8 Å². The number of nitrogens with zero attached hydrogens (tertiary/aromatic N) is 2. The van der Waals surface area contributed by atoms with Crippen LogP contribution in [0.4, 0.5) is 5.69 Å². The van der Waals surface area contributed by atoms with Gasteiger partial charge in [0.1, 0.15) is 0 Å². The molecule has 0 atom stereocenters. The fourth-order valence-corrected chi connectivity index (χ4v) is 3.13. The molecule has 2 amide bonds. The summed E-state index contributed by atoms with van der Waals surface area (Å²) in [5.41, 5.74) is 4.28. The first kappa shape index (κ1) is 19.3. The zero-order valence-corrected chi connectivity index (χ0v) is 16.4. The molecule has 0 saturated heterocycles. The number of carbonyl (C=O) groups excluding carboxylic acids is 2. The number of amides is 2. The maximum absolute atomic E-state index is 12.6. The molecule has 30 heavy (non-hydrogen) atoms. The number of anilines is 1. The highest BCUT2D eigenvalue weighted by atomic mass is 16.2. The molecule has 4 rings (SSSR count). The number of pyridine rings is 2. The molecule has 2 aromatic heterocycles. The molecular weight excluding hydrogens is 376 g/mol. The van der Waals surface area contributed by atoms with Crippen molar-refractivity contribution < 1.29 is 9.59 Å². The van der Waals surface area contributed by atoms with Crippen LogP contribution in [0, 0.1) is 6.92 Å². The molecule has 0 saturated carbocycles. The van der Waals surface area contributed by atoms with E-state index in [1.165, 1.54) is 0 Å². The van der Waals surface area contributed by atoms with Gasteiger partial charge >= 0.3 is 0 Å². The monoisotopic (exact) mass is 396 g/mol. The normalized spacial score (nSPS) is 10.6. The van der Waals surface area contributed by atoms with Crippen molar-refractivity contribution in [3.63, 3.8) is 0 Å². The topological polar surface area (TPSA) is 84.0 Å². The van der Waals surface area contributed by atoms with E-state index < -0.39 is 0 Å². The fraction of sp³-hybridized carbons (Fsp3) is 0.0833. The van der Waals surface area contributed by atoms with Gasteiger partial charge in [-0.25, -0.2) is 0 Å². The van der Waals surface area contributed by atoms with Crippen LogP contribution in [0.5, 0.6) is 0 Å². The maximum atomic E-state index is 12.6. The van der Waals surface area contributed by atoms with Gasteiger partial charge in [0.05, 0.1) is 16.8 Å². The van der Waals surface area contributed by atoms with E-state index in [1.807, 2.05) is 61.5 Å². The lowest BCUT2D eigenvalue weighted by molar-refractivity contribution is 0.0949. The predicted molar refractivity (Wildman–Crippen MR) is 116 cm³/mol. The summed E-state index contributed by atoms with van der Waals surface area (Å²) in [6.45, 7) is 2.21. The van der Waals surface area contributed by atoms with Crippen molar-refractivity contribution >= 4 is 28.4 Å². The molecule has 2 N–H and O–H groups in total. The Bertz CT molecular complexity index is 1210. The lowest BCUT2D eigenvalue weighted by Crippen LogP contribution is -2.24. The van der Waals surface area contributed by atoms with Gasteiger partial charge in [0, 0.05) is 35.6 Å². The minimum atomic E-state index is -0.197. The Kier molecular flexibility index (Phi) is 5.48. The second kappa shape index (κ2) is 8.53. The molecule has 6 heteroatoms. The molecule has 0 aliphatic rings. The van der Waals surface area contributed by atoms with E-state index in [4.69, 9.17) is 0 Å². The van der Waals surface area contributed by atoms with Crippen molar-refractivity contribution in [1.29, 1.82) is 0 Å². The third-order valence-corrected chi connectivity index (χ3v) is 4.77. The van der Waals surface area contributed by atoms with Crippen LogP contribution in [0.25, 0.3) is 10.9 Å². The predicted octanol–water partition coefficient (Wildman–Crippen LogP) is 4.12. The molecule has 4 aromatic rings. The van der Waals surface area contributed by atoms with Crippen LogP contribution in [0.3, 0.4) is 0 Å². The van der Waals surface area contributed by atoms with Crippen molar-refractivity contribution in [1.82, 2.24) is 15.3 Å². The SMILES string of the molecule is Cc1nc2ccccc2cc1C(=O)NCc1ccc(NC(=O)c2ccncc2)cc1. The van der Waals surface area contributed by atoms with E-state index in [9.17, 15) is 9.59 Å². The third kappa shape index (κ3) is 4.33. The fourth-order valence-electron chi connectivity index (χ4n) is 3.13. The molecule has 2 aromatic carbocycles. The highest BCUT2D eigenvalue weighted by molar-refractivity contribution is 6.04. The second-order valence-corrected chi connectivity index (χ2v) is 6.88. The zero-order chi connectivity index (χ0) is 20.9. The molecule has 0 unspecified atom stereocenters. The van der Waals surface area contributed by atoms with E-state index in [-0.39, 0.29) is 11.8 Å². The van der Waals surface area contributed by atoms with Crippen LogP contribution in [0.1, 0.15) is 32.0 Å². The van der Waals surface area contributed by atoms with Gasteiger partial charge < -0.3 is 10.6 Å². The molecule has 0 bridgehead atoms. The third-order valence-electron chi connectivity index (χ3n) is 4.77. The molecule has 0 fully saturated rings. The lowest BCUT2D eigenvalue weighted by atomic mass is 10.1. The maximum Gasteiger partial charge on any atom is 0.255 e. The van der Waals surface area contributed by atoms with E-state index in [2.05, 4.69) is 20.6 Å². The summed E-state index contributed by atoms with van der Waals surface area (Å²) in [7, 11) is 0. The van der Waals surface area contributed by atoms with Crippen molar-refractivity contribution in [2.24, 2.45) is 0 Å². The molecule has 6 nitrogen and oxygen atoms in total. The Morgan fingerprint density at radius 2 is 1.63 bits per heavy atom. The van der Waals surface area contributed by atoms with Gasteiger partial charge in [-0.2, -0.15) is 0 Å². The van der Waals surface area contributed by atoms with Crippen LogP contribution in [-0.2, 0) is 6.54 Å². The number of para-hydroxylation sites is 1. The number of benzene rings is 2. The first-order chi connectivity index (χ1) is 14.6. The number of fused-ring (bicyclic) bond motifs is 1. The molecule has 148 valence electrons. The molecule has 0 radical (unpaired) electrons. The van der Waals surface area contributed by atoms with Gasteiger partial charge in [-0.1, -0.05) is 30.3 Å². The van der Waals surface area contributed by atoms with Gasteiger partial charge in [0.2, 0.25) is 0 Å². The van der Waals surface area contributed by atoms with Crippen LogP contribution >= 0.6 is 0 Å². The average molecular weight is 396 g/mol. The number of aryl methyl sites for hydroxylation is 1. The Morgan fingerprint density at radius 3 is 2.40 bits per heavy atom. The molecule has 0 aliphatic carbocycles. The molecular formula is C24H20N4O2. The van der Waals surface area contributed by atoms with Crippen molar-refractivity contribution in [3.05, 3.63) is 102 Å². The Labute approximate surface area is 174 Å². The van der Waals surface area contributed by atoms with Gasteiger partial charge in [-0.15, -0.1) is 0 Å². The summed E-state index contributed by atoms with van der Waals surface area (Å²) in [6.07, 6.45) is 3.15. The van der Waals surface area contributed by atoms with Crippen LogP contribution in [0.2, 0.25) is 0 Å². The van der Waals surface area contributed by atoms with Gasteiger partial charge in [0.15, 0.2) is 0 Å². The number of aromatic nitrogens is 2.